The van der Waals surface area contributed by atoms with Crippen LogP contribution in [-0.4, -0.2) is 19.6 Å². The van der Waals surface area contributed by atoms with Gasteiger partial charge in [-0.1, -0.05) is 13.8 Å². The Balaban J connectivity index is 2.44. The number of hydrogen-bond donors (Lipinski definition) is 1. The third kappa shape index (κ3) is 2.07. The molecule has 3 heterocycles. The number of aryl methyl sites for hydroxylation is 1. The maximum Gasteiger partial charge on any atom is 0.276 e. The number of hydrogen-bond acceptors (Lipinski definition) is 4. The molecule has 0 saturated heterocycles. The monoisotopic (exact) mass is 293 g/mol. The normalized spacial score (nSPS) is 11.0. The van der Waals surface area contributed by atoms with Crippen molar-refractivity contribution < 1.29 is 0 Å². The second-order valence-electron chi connectivity index (χ2n) is 5.54. The van der Waals surface area contributed by atoms with Gasteiger partial charge in [-0.2, -0.15) is 5.26 Å². The van der Waals surface area contributed by atoms with Gasteiger partial charge >= 0.3 is 0 Å². The van der Waals surface area contributed by atoms with Crippen LogP contribution in [0.25, 0.3) is 16.9 Å². The topological polar surface area (TPSA) is 86.8 Å². The van der Waals surface area contributed by atoms with Gasteiger partial charge in [0.25, 0.3) is 5.56 Å². The summed E-state index contributed by atoms with van der Waals surface area (Å²) in [5.74, 6) is 0.00116. The molecule has 0 saturated carbocycles. The van der Waals surface area contributed by atoms with E-state index in [1.807, 2.05) is 32.9 Å². The van der Waals surface area contributed by atoms with Gasteiger partial charge in [0.1, 0.15) is 11.6 Å². The van der Waals surface area contributed by atoms with Gasteiger partial charge in [-0.25, -0.2) is 9.50 Å². The number of aromatic amines is 1. The zero-order valence-corrected chi connectivity index (χ0v) is 12.6. The first-order valence-corrected chi connectivity index (χ1v) is 6.99. The third-order valence-corrected chi connectivity index (χ3v) is 3.54. The Morgan fingerprint density at radius 1 is 1.36 bits per heavy atom. The van der Waals surface area contributed by atoms with Crippen LogP contribution in [0.4, 0.5) is 0 Å². The summed E-state index contributed by atoms with van der Waals surface area (Å²) in [6.45, 7) is 5.84. The average molecular weight is 293 g/mol. The van der Waals surface area contributed by atoms with E-state index in [0.717, 1.165) is 11.1 Å². The minimum absolute atomic E-state index is 0.00116. The highest BCUT2D eigenvalue weighted by atomic mass is 16.1. The molecule has 0 aromatic carbocycles. The lowest BCUT2D eigenvalue weighted by Crippen LogP contribution is -2.22. The van der Waals surface area contributed by atoms with Gasteiger partial charge in [0, 0.05) is 29.7 Å². The molecule has 110 valence electrons. The average Bonchev–Trinajstić information content (AvgIpc) is 2.90. The molecule has 3 aromatic heterocycles. The van der Waals surface area contributed by atoms with Crippen molar-refractivity contribution in [3.8, 4) is 17.3 Å². The molecular formula is C16H15N5O. The van der Waals surface area contributed by atoms with Gasteiger partial charge in [-0.05, 0) is 24.5 Å². The van der Waals surface area contributed by atoms with Crippen molar-refractivity contribution in [2.75, 3.05) is 0 Å². The first-order valence-electron chi connectivity index (χ1n) is 6.99. The minimum Gasteiger partial charge on any atom is -0.295 e. The summed E-state index contributed by atoms with van der Waals surface area (Å²) >= 11 is 0. The van der Waals surface area contributed by atoms with Crippen molar-refractivity contribution in [3.63, 3.8) is 0 Å². The van der Waals surface area contributed by atoms with E-state index in [0.29, 0.717) is 22.5 Å². The van der Waals surface area contributed by atoms with Gasteiger partial charge in [0.2, 0.25) is 0 Å². The summed E-state index contributed by atoms with van der Waals surface area (Å²) in [6.07, 6.45) is 4.93. The fourth-order valence-corrected chi connectivity index (χ4v) is 2.54. The van der Waals surface area contributed by atoms with Crippen molar-refractivity contribution in [3.05, 3.63) is 51.7 Å². The van der Waals surface area contributed by atoms with Crippen molar-refractivity contribution in [1.82, 2.24) is 19.6 Å². The maximum atomic E-state index is 12.7. The van der Waals surface area contributed by atoms with Crippen molar-refractivity contribution in [2.45, 2.75) is 26.7 Å². The van der Waals surface area contributed by atoms with Gasteiger partial charge in [0.05, 0.1) is 5.69 Å². The number of pyridine rings is 1. The second kappa shape index (κ2) is 5.11. The minimum atomic E-state index is -0.182. The van der Waals surface area contributed by atoms with Crippen LogP contribution in [0.1, 0.15) is 36.5 Å². The molecule has 1 N–H and O–H groups in total. The Morgan fingerprint density at radius 2 is 2.14 bits per heavy atom. The highest BCUT2D eigenvalue weighted by molar-refractivity contribution is 5.67. The maximum absolute atomic E-state index is 12.7. The van der Waals surface area contributed by atoms with Crippen molar-refractivity contribution in [1.29, 1.82) is 5.26 Å². The molecule has 3 aromatic rings. The molecular weight excluding hydrogens is 278 g/mol. The quantitative estimate of drug-likeness (QED) is 0.786. The first kappa shape index (κ1) is 14.0. The van der Waals surface area contributed by atoms with Crippen molar-refractivity contribution >= 4 is 5.65 Å². The molecule has 0 aliphatic carbocycles. The van der Waals surface area contributed by atoms with Crippen molar-refractivity contribution in [2.24, 2.45) is 0 Å². The largest absolute Gasteiger partial charge is 0.295 e. The molecule has 3 rings (SSSR count). The Bertz CT molecular complexity index is 959. The second-order valence-corrected chi connectivity index (χ2v) is 5.54. The highest BCUT2D eigenvalue weighted by Crippen LogP contribution is 2.26. The Hall–Kier alpha value is -2.94. The number of nitrogens with one attached hydrogen (secondary N) is 1. The summed E-state index contributed by atoms with van der Waals surface area (Å²) in [5.41, 5.74) is 3.47. The summed E-state index contributed by atoms with van der Waals surface area (Å²) in [6, 6.07) is 3.99. The van der Waals surface area contributed by atoms with E-state index >= 15 is 0 Å². The van der Waals surface area contributed by atoms with E-state index in [9.17, 15) is 4.79 Å². The summed E-state index contributed by atoms with van der Waals surface area (Å²) in [4.78, 5) is 21.5. The lowest BCUT2D eigenvalue weighted by atomic mass is 9.98. The molecule has 0 atom stereocenters. The highest BCUT2D eigenvalue weighted by Gasteiger charge is 2.19. The van der Waals surface area contributed by atoms with E-state index < -0.39 is 0 Å². The van der Waals surface area contributed by atoms with E-state index in [1.54, 1.807) is 12.4 Å². The van der Waals surface area contributed by atoms with Crippen LogP contribution in [0.5, 0.6) is 0 Å². The Morgan fingerprint density at radius 3 is 2.77 bits per heavy atom. The number of fused-ring (bicyclic) bond motifs is 1. The third-order valence-electron chi connectivity index (χ3n) is 3.54. The van der Waals surface area contributed by atoms with Gasteiger partial charge in [-0.15, -0.1) is 0 Å². The molecule has 0 aliphatic rings. The zero-order valence-electron chi connectivity index (χ0n) is 12.6. The first-order chi connectivity index (χ1) is 10.5. The number of rotatable bonds is 2. The van der Waals surface area contributed by atoms with E-state index in [-0.39, 0.29) is 11.5 Å². The number of H-pyrrole nitrogens is 1. The predicted octanol–water partition coefficient (Wildman–Crippen LogP) is 2.39. The lowest BCUT2D eigenvalue weighted by molar-refractivity contribution is 0.797. The molecule has 0 unspecified atom stereocenters. The van der Waals surface area contributed by atoms with Crippen LogP contribution in [0.3, 0.4) is 0 Å². The van der Waals surface area contributed by atoms with Gasteiger partial charge in [-0.3, -0.25) is 14.9 Å². The molecule has 22 heavy (non-hydrogen) atoms. The van der Waals surface area contributed by atoms with E-state index in [4.69, 9.17) is 5.26 Å². The number of aromatic nitrogens is 4. The molecule has 6 heteroatoms. The Kier molecular flexibility index (Phi) is 3.26. The SMILES string of the molecule is Cc1cncc(-c2nc3c(C#N)c[nH]n3c(=O)c2C(C)C)c1. The summed E-state index contributed by atoms with van der Waals surface area (Å²) in [5, 5.41) is 12.0. The summed E-state index contributed by atoms with van der Waals surface area (Å²) < 4.78 is 1.32. The smallest absolute Gasteiger partial charge is 0.276 e. The summed E-state index contributed by atoms with van der Waals surface area (Å²) in [7, 11) is 0. The lowest BCUT2D eigenvalue weighted by Gasteiger charge is -2.12. The molecule has 6 nitrogen and oxygen atoms in total. The van der Waals surface area contributed by atoms with Crippen LogP contribution < -0.4 is 5.56 Å². The fraction of sp³-hybridized carbons (Fsp3) is 0.250. The zero-order chi connectivity index (χ0) is 15.9. The van der Waals surface area contributed by atoms with Crippen LogP contribution in [0, 0.1) is 18.3 Å². The van der Waals surface area contributed by atoms with Crippen LogP contribution in [0.15, 0.2) is 29.5 Å². The molecule has 0 radical (unpaired) electrons. The van der Waals surface area contributed by atoms with E-state index in [2.05, 4.69) is 15.1 Å². The van der Waals surface area contributed by atoms with Crippen LogP contribution in [-0.2, 0) is 0 Å². The van der Waals surface area contributed by atoms with E-state index in [1.165, 1.54) is 10.7 Å². The molecule has 0 bridgehead atoms. The van der Waals surface area contributed by atoms with Crippen LogP contribution in [0.2, 0.25) is 0 Å². The number of nitrogens with zero attached hydrogens (tertiary/aromatic N) is 4. The molecule has 0 amide bonds. The predicted molar refractivity (Wildman–Crippen MR) is 82.6 cm³/mol. The standard InChI is InChI=1S/C16H15N5O/c1-9(2)13-14(11-4-10(3)6-18-7-11)20-15-12(5-17)8-19-21(15)16(13)22/h4,6-9,19H,1-3H3. The number of nitriles is 1. The van der Waals surface area contributed by atoms with Gasteiger partial charge < -0.3 is 0 Å². The Labute approximate surface area is 127 Å². The van der Waals surface area contributed by atoms with Gasteiger partial charge in [0.15, 0.2) is 5.65 Å². The van der Waals surface area contributed by atoms with Crippen LogP contribution >= 0.6 is 0 Å². The molecule has 0 spiro atoms. The molecule has 0 aliphatic heterocycles. The molecule has 0 fully saturated rings. The fourth-order valence-electron chi connectivity index (χ4n) is 2.54.